The number of nitrogens with zero attached hydrogens (tertiary/aromatic N) is 7. The third kappa shape index (κ3) is 29.5. The molecule has 0 unspecified atom stereocenters. The fourth-order valence-corrected chi connectivity index (χ4v) is 13.5. The summed E-state index contributed by atoms with van der Waals surface area (Å²) in [5, 5.41) is 23.2. The Kier molecular flexibility index (Phi) is 38.2. The molecule has 6 aromatic carbocycles. The molecule has 0 aliphatic heterocycles. The highest BCUT2D eigenvalue weighted by Crippen LogP contribution is 2.43. The summed E-state index contributed by atoms with van der Waals surface area (Å²) in [6.45, 7) is 28.7. The largest absolute Gasteiger partial charge is 0.494 e. The molecule has 0 aliphatic carbocycles. The van der Waals surface area contributed by atoms with Crippen molar-refractivity contribution in [2.24, 2.45) is 11.5 Å². The van der Waals surface area contributed by atoms with Gasteiger partial charge in [0.1, 0.15) is 62.1 Å². The number of pyridine rings is 3. The van der Waals surface area contributed by atoms with Crippen molar-refractivity contribution >= 4 is 110 Å². The lowest BCUT2D eigenvalue weighted by Crippen LogP contribution is -2.36. The summed E-state index contributed by atoms with van der Waals surface area (Å²) in [4.78, 5) is 89.8. The number of halogens is 13. The maximum atomic E-state index is 13.4. The normalized spacial score (nSPS) is 12.3. The van der Waals surface area contributed by atoms with E-state index in [-0.39, 0.29) is 134 Å². The molecular formula is C93H104Cl4F9N13O14. The average molecular weight is 1940 g/mol. The molecule has 27 nitrogen and oxygen atoms in total. The Labute approximate surface area is 782 Å². The smallest absolute Gasteiger partial charge is 0.433 e. The molecule has 6 aromatic heterocycles. The average Bonchev–Trinajstić information content (AvgIpc) is 1.70. The highest BCUT2D eigenvalue weighted by molar-refractivity contribution is 6.31. The lowest BCUT2D eigenvalue weighted by Gasteiger charge is -2.28. The molecule has 0 bridgehead atoms. The van der Waals surface area contributed by atoms with Gasteiger partial charge >= 0.3 is 36.7 Å². The second-order valence-corrected chi connectivity index (χ2v) is 33.2. The van der Waals surface area contributed by atoms with Crippen LogP contribution in [-0.2, 0) is 47.6 Å². The van der Waals surface area contributed by atoms with E-state index < -0.39 is 101 Å². The summed E-state index contributed by atoms with van der Waals surface area (Å²) >= 11 is 17.5. The van der Waals surface area contributed by atoms with Gasteiger partial charge < -0.3 is 74.8 Å². The number of aromatic nitrogens is 6. The number of carboxylic acids is 1. The Morgan fingerprint density at radius 1 is 0.436 bits per heavy atom. The molecule has 12 aromatic rings. The van der Waals surface area contributed by atoms with Gasteiger partial charge in [-0.2, -0.15) is 39.5 Å². The van der Waals surface area contributed by atoms with Crippen LogP contribution in [0.25, 0.3) is 67.1 Å². The number of benzene rings is 6. The van der Waals surface area contributed by atoms with Crippen LogP contribution < -0.4 is 46.9 Å². The number of hydrogen-bond acceptors (Lipinski definition) is 22. The van der Waals surface area contributed by atoms with Gasteiger partial charge in [-0.1, -0.05) is 98.9 Å². The molecule has 9 N–H and O–H groups in total. The molecule has 3 atom stereocenters. The molecule has 133 heavy (non-hydrogen) atoms. The van der Waals surface area contributed by atoms with E-state index >= 15 is 0 Å². The Morgan fingerprint density at radius 3 is 1.00 bits per heavy atom. The van der Waals surface area contributed by atoms with Crippen LogP contribution in [0.15, 0.2) is 159 Å². The number of rotatable bonds is 25. The van der Waals surface area contributed by atoms with Crippen molar-refractivity contribution < 1.29 is 106 Å². The first kappa shape index (κ1) is 108. The number of amides is 4. The second-order valence-electron chi connectivity index (χ2n) is 31.9. The third-order valence-corrected chi connectivity index (χ3v) is 20.2. The topological polar surface area (TPSA) is 372 Å². The van der Waals surface area contributed by atoms with E-state index in [1.165, 1.54) is 63.8 Å². The zero-order valence-corrected chi connectivity index (χ0v) is 78.8. The predicted molar refractivity (Wildman–Crippen MR) is 490 cm³/mol. The quantitative estimate of drug-likeness (QED) is 0.0261. The number of carbonyl (C=O) groups is 5. The minimum Gasteiger partial charge on any atom is -0.494 e. The highest BCUT2D eigenvalue weighted by atomic mass is 35.5. The van der Waals surface area contributed by atoms with Gasteiger partial charge in [0.15, 0.2) is 34.4 Å². The molecule has 6 heterocycles. The summed E-state index contributed by atoms with van der Waals surface area (Å²) in [6.07, 6.45) is -14.5. The predicted octanol–water partition coefficient (Wildman–Crippen LogP) is 23.3. The van der Waals surface area contributed by atoms with Crippen molar-refractivity contribution in [3.8, 4) is 51.6 Å². The van der Waals surface area contributed by atoms with E-state index in [0.29, 0.717) is 52.5 Å². The first-order chi connectivity index (χ1) is 62.0. The number of carboxylic acid groups (broad SMARTS) is 1. The fraction of sp³-hybridized carbons (Fsp3) is 0.366. The molecule has 0 aliphatic rings. The second kappa shape index (κ2) is 47.0. The van der Waals surface area contributed by atoms with Crippen molar-refractivity contribution in [1.29, 1.82) is 0 Å². The Balaban J connectivity index is 0.000000248. The number of alkyl halides is 9. The fourth-order valence-electron chi connectivity index (χ4n) is 13.1. The zero-order chi connectivity index (χ0) is 97.8. The number of hydrogen-bond donors (Lipinski definition) is 7. The summed E-state index contributed by atoms with van der Waals surface area (Å²) in [5.41, 5.74) is 9.46. The first-order valence-electron chi connectivity index (χ1n) is 41.4. The number of ether oxygens (including phenoxy) is 5. The Bertz CT molecular complexity index is 5960. The molecule has 4 amide bonds. The van der Waals surface area contributed by atoms with Gasteiger partial charge in [0.25, 0.3) is 11.8 Å². The standard InChI is InChI=1S/C30H30ClF3N4O5.C25H22ClF3N4O3.C23H24F3N3O6.C8H19N.C7H8ClN.ClH/c1-6-20(36-28(40)43-29(2,3)4)25-24(26(39)35-15-16-7-9-17(31)10-8-16)38-27(42-25)19-11-13-21(41-5)23-18(19)12-14-22(37-23)30(32,33)34;1-3-17(30)22-21(23(34)31-12-13-4-6-14(26)7-5-13)33-24(36-22)16-8-10-18(35-2)20-15(16)9-11-19(32-20)25(27,28)29;1-6-13(27-21(32)35-22(2,3)4)18-17(20(30)31)29-19(34-18)12-7-9-14(33-5)16-11(12)8-10-15(28-16)23(24,25)26;1-6-9(7(2)3)8(4)5;8-7-3-1-6(5-9)2-4-7;/h7-14,20H,6,15H2,1-5H3,(H,35,39)(H,36,40);4-11,17H,3,12,30H2,1-2H3,(H,31,34);7-10,13H,6H2,1-5H3,(H,27,32)(H,30,31);7-8H,6H2,1-5H3;1-4H,5,9H2;1H/t20-;17-;13-;;;/m000.../s1. The SMILES string of the molecule is CCN(C(C)C)C(C)C.CC[C@H](N)c1oc(-c2ccc(OC)c3nc(C(F)(F)F)ccc23)nc1C(=O)NCc1ccc(Cl)cc1.CC[C@H](NC(=O)OC(C)(C)C)c1oc(-c2ccc(OC)c3nc(C(F)(F)F)ccc23)nc1C(=O)NCc1ccc(Cl)cc1.CC[C@H](NC(=O)OC(C)(C)C)c1oc(-c2ccc(OC)c3nc(C(F)(F)F)ccc23)nc1C(=O)O.Cl.NCc1ccc(Cl)cc1. The van der Waals surface area contributed by atoms with Crippen molar-refractivity contribution in [2.45, 2.75) is 196 Å². The number of carbonyl (C=O) groups excluding carboxylic acids is 4. The summed E-state index contributed by atoms with van der Waals surface area (Å²) in [6, 6.07) is 35.5. The van der Waals surface area contributed by atoms with Gasteiger partial charge in [0.2, 0.25) is 17.7 Å². The minimum absolute atomic E-state index is 0. The number of aromatic carboxylic acids is 1. The summed E-state index contributed by atoms with van der Waals surface area (Å²) in [5.74, 6) is -2.30. The maximum Gasteiger partial charge on any atom is 0.433 e. The van der Waals surface area contributed by atoms with Crippen LogP contribution in [0.2, 0.25) is 15.1 Å². The van der Waals surface area contributed by atoms with Crippen LogP contribution in [0, 0.1) is 0 Å². The molecule has 0 saturated heterocycles. The highest BCUT2D eigenvalue weighted by Gasteiger charge is 2.38. The maximum absolute atomic E-state index is 13.4. The zero-order valence-electron chi connectivity index (χ0n) is 75.7. The van der Waals surface area contributed by atoms with Crippen LogP contribution >= 0.6 is 47.2 Å². The number of nitrogens with one attached hydrogen (secondary N) is 4. The Morgan fingerprint density at radius 2 is 0.737 bits per heavy atom. The summed E-state index contributed by atoms with van der Waals surface area (Å²) < 4.78 is 164. The summed E-state index contributed by atoms with van der Waals surface area (Å²) in [7, 11) is 3.94. The molecule has 0 saturated carbocycles. The molecule has 0 fully saturated rings. The van der Waals surface area contributed by atoms with Gasteiger partial charge in [0.05, 0.1) is 39.5 Å². The van der Waals surface area contributed by atoms with E-state index in [4.69, 9.17) is 83.2 Å². The van der Waals surface area contributed by atoms with E-state index in [1.54, 1.807) is 116 Å². The van der Waals surface area contributed by atoms with E-state index in [1.807, 2.05) is 31.2 Å². The molecule has 716 valence electrons. The molecule has 12 rings (SSSR count). The molecule has 0 spiro atoms. The third-order valence-electron chi connectivity index (χ3n) is 19.5. The molecule has 40 heteroatoms. The lowest BCUT2D eigenvalue weighted by atomic mass is 10.1. The van der Waals surface area contributed by atoms with Crippen molar-refractivity contribution in [2.75, 3.05) is 27.9 Å². The van der Waals surface area contributed by atoms with Gasteiger partial charge in [-0.05, 0) is 221 Å². The van der Waals surface area contributed by atoms with Crippen LogP contribution in [-0.4, -0.2) is 121 Å². The number of nitrogens with two attached hydrogens (primary N) is 2. The molecular weight excluding hydrogens is 1840 g/mol. The van der Waals surface area contributed by atoms with Crippen molar-refractivity contribution in [3.63, 3.8) is 0 Å². The van der Waals surface area contributed by atoms with Gasteiger partial charge in [-0.15, -0.1) is 12.4 Å². The van der Waals surface area contributed by atoms with Crippen LogP contribution in [0.3, 0.4) is 0 Å². The van der Waals surface area contributed by atoms with Gasteiger partial charge in [0, 0.05) is 79.6 Å². The number of alkyl carbamates (subject to hydrolysis) is 2. The van der Waals surface area contributed by atoms with E-state index in [0.717, 1.165) is 46.5 Å². The van der Waals surface area contributed by atoms with Gasteiger partial charge in [-0.3, -0.25) is 14.5 Å². The Hall–Kier alpha value is -12.1. The lowest BCUT2D eigenvalue weighted by molar-refractivity contribution is -0.141. The van der Waals surface area contributed by atoms with Crippen LogP contribution in [0.1, 0.15) is 217 Å². The number of oxazole rings is 3. The number of fused-ring (bicyclic) bond motifs is 3. The van der Waals surface area contributed by atoms with E-state index in [2.05, 4.69) is 90.7 Å². The first-order valence-corrected chi connectivity index (χ1v) is 42.5. The number of methoxy groups -OCH3 is 3. The van der Waals surface area contributed by atoms with Crippen LogP contribution in [0.4, 0.5) is 49.1 Å². The monoisotopic (exact) mass is 1940 g/mol. The van der Waals surface area contributed by atoms with Gasteiger partial charge in [-0.25, -0.2) is 44.3 Å². The van der Waals surface area contributed by atoms with Crippen molar-refractivity contribution in [1.82, 2.24) is 56.1 Å². The minimum atomic E-state index is -4.68. The molecule has 0 radical (unpaired) electrons. The van der Waals surface area contributed by atoms with Crippen molar-refractivity contribution in [3.05, 3.63) is 229 Å². The van der Waals surface area contributed by atoms with Crippen LogP contribution in [0.5, 0.6) is 17.2 Å². The van der Waals surface area contributed by atoms with E-state index in [9.17, 15) is 68.6 Å².